The van der Waals surface area contributed by atoms with E-state index in [9.17, 15) is 22.8 Å². The van der Waals surface area contributed by atoms with Gasteiger partial charge < -0.3 is 40.7 Å². The second-order valence-corrected chi connectivity index (χ2v) is 20.7. The van der Waals surface area contributed by atoms with Gasteiger partial charge in [-0.1, -0.05) is 12.1 Å². The summed E-state index contributed by atoms with van der Waals surface area (Å²) >= 11 is 3.56. The Kier molecular flexibility index (Phi) is 13.4. The highest BCUT2D eigenvalue weighted by molar-refractivity contribution is 9.10. The fourth-order valence-electron chi connectivity index (χ4n) is 10.0. The Morgan fingerprint density at radius 2 is 1.67 bits per heavy atom. The predicted octanol–water partition coefficient (Wildman–Crippen LogP) is 5.19. The first-order valence-electron chi connectivity index (χ1n) is 22.9. The minimum atomic E-state index is -3.44. The van der Waals surface area contributed by atoms with E-state index in [-0.39, 0.29) is 24.1 Å². The number of aromatic nitrogens is 2. The van der Waals surface area contributed by atoms with Crippen molar-refractivity contribution < 1.29 is 27.5 Å². The van der Waals surface area contributed by atoms with Gasteiger partial charge in [0.15, 0.2) is 0 Å². The van der Waals surface area contributed by atoms with Gasteiger partial charge in [-0.05, 0) is 121 Å². The SMILES string of the molecule is COc1cc(N2CCC(NCCNCC3CCN(c4ccc5c(c4)CN(C4CCC(=O)NC4=O)C5=O)CC3)CC2)c(C)cc1Nc1ncc(Br)c(Nc2cccc3c2N(S(C)(=O)=O)CC3)n1. The van der Waals surface area contributed by atoms with Gasteiger partial charge in [0.05, 0.1) is 34.9 Å². The predicted molar refractivity (Wildman–Crippen MR) is 260 cm³/mol. The fraction of sp³-hybridized carbons (Fsp3) is 0.468. The Morgan fingerprint density at radius 3 is 2.42 bits per heavy atom. The van der Waals surface area contributed by atoms with Crippen LogP contribution in [0.1, 0.15) is 65.6 Å². The molecule has 0 aliphatic carbocycles. The number of carbonyl (C=O) groups is 3. The van der Waals surface area contributed by atoms with Gasteiger partial charge in [0, 0.05) is 94.0 Å². The molecule has 350 valence electrons. The Bertz CT molecular complexity index is 2620. The van der Waals surface area contributed by atoms with Crippen molar-refractivity contribution in [1.29, 1.82) is 0 Å². The normalized spacial score (nSPS) is 19.3. The summed E-state index contributed by atoms with van der Waals surface area (Å²) in [6, 6.07) is 15.7. The topological polar surface area (TPSA) is 193 Å². The van der Waals surface area contributed by atoms with Crippen molar-refractivity contribution in [1.82, 2.24) is 30.8 Å². The molecule has 6 heterocycles. The lowest BCUT2D eigenvalue weighted by Crippen LogP contribution is -2.52. The summed E-state index contributed by atoms with van der Waals surface area (Å²) in [6.07, 6.45) is 8.43. The number of sulfonamides is 1. The average Bonchev–Trinajstić information content (AvgIpc) is 3.90. The second-order valence-electron chi connectivity index (χ2n) is 18.0. The van der Waals surface area contributed by atoms with E-state index in [2.05, 4.69) is 82.4 Å². The van der Waals surface area contributed by atoms with Gasteiger partial charge in [-0.15, -0.1) is 0 Å². The lowest BCUT2D eigenvalue weighted by Gasteiger charge is -2.35. The lowest BCUT2D eigenvalue weighted by molar-refractivity contribution is -0.136. The summed E-state index contributed by atoms with van der Waals surface area (Å²) in [4.78, 5) is 52.9. The average molecular weight is 985 g/mol. The van der Waals surface area contributed by atoms with E-state index in [0.29, 0.717) is 76.8 Å². The lowest BCUT2D eigenvalue weighted by atomic mass is 9.96. The molecular formula is C47H58BrN11O6S. The number of hydrogen-bond donors (Lipinski definition) is 5. The van der Waals surface area contributed by atoms with E-state index in [1.165, 1.54) is 10.6 Å². The minimum Gasteiger partial charge on any atom is -0.494 e. The molecule has 5 aliphatic heterocycles. The summed E-state index contributed by atoms with van der Waals surface area (Å²) in [6.45, 7) is 9.53. The number of halogens is 1. The van der Waals surface area contributed by atoms with Gasteiger partial charge in [0.1, 0.15) is 17.6 Å². The Labute approximate surface area is 394 Å². The number of fused-ring (bicyclic) bond motifs is 2. The van der Waals surface area contributed by atoms with Gasteiger partial charge in [-0.25, -0.2) is 13.4 Å². The summed E-state index contributed by atoms with van der Waals surface area (Å²) in [7, 11) is -1.78. The number of carbonyl (C=O) groups excluding carboxylic acids is 3. The van der Waals surface area contributed by atoms with Crippen molar-refractivity contribution in [3.63, 3.8) is 0 Å². The van der Waals surface area contributed by atoms with Crippen LogP contribution in [0.3, 0.4) is 0 Å². The molecule has 4 aromatic rings. The monoisotopic (exact) mass is 983 g/mol. The maximum absolute atomic E-state index is 13.1. The smallest absolute Gasteiger partial charge is 0.255 e. The van der Waals surface area contributed by atoms with Crippen LogP contribution in [0.25, 0.3) is 0 Å². The number of aryl methyl sites for hydroxylation is 1. The number of hydrogen-bond acceptors (Lipinski definition) is 14. The molecule has 1 unspecified atom stereocenters. The number of ether oxygens (including phenoxy) is 1. The van der Waals surface area contributed by atoms with Gasteiger partial charge in [0.25, 0.3) is 5.91 Å². The van der Waals surface area contributed by atoms with Crippen molar-refractivity contribution in [2.24, 2.45) is 5.92 Å². The Balaban J connectivity index is 0.708. The molecule has 9 rings (SSSR count). The second kappa shape index (κ2) is 19.4. The summed E-state index contributed by atoms with van der Waals surface area (Å²) in [5, 5.41) is 16.5. The number of anilines is 7. The summed E-state index contributed by atoms with van der Waals surface area (Å²) < 4.78 is 33.1. The van der Waals surface area contributed by atoms with Crippen LogP contribution in [-0.2, 0) is 32.6 Å². The molecule has 1 atom stereocenters. The third kappa shape index (κ3) is 9.80. The number of piperidine rings is 3. The first-order valence-corrected chi connectivity index (χ1v) is 25.5. The molecule has 5 N–H and O–H groups in total. The third-order valence-corrected chi connectivity index (χ3v) is 15.4. The van der Waals surface area contributed by atoms with Crippen molar-refractivity contribution in [2.75, 3.05) is 90.5 Å². The number of nitrogens with zero attached hydrogens (tertiary/aromatic N) is 6. The number of para-hydroxylation sites is 1. The quantitative estimate of drug-likeness (QED) is 0.0772. The van der Waals surface area contributed by atoms with Crippen LogP contribution in [0.5, 0.6) is 5.75 Å². The number of nitrogens with one attached hydrogen (secondary N) is 5. The number of imide groups is 1. The first kappa shape index (κ1) is 45.6. The van der Waals surface area contributed by atoms with E-state index in [1.807, 2.05) is 30.3 Å². The molecule has 5 aliphatic rings. The highest BCUT2D eigenvalue weighted by Gasteiger charge is 2.39. The number of methoxy groups -OCH3 is 1. The van der Waals surface area contributed by atoms with Crippen molar-refractivity contribution in [3.05, 3.63) is 81.5 Å². The van der Waals surface area contributed by atoms with Crippen molar-refractivity contribution in [3.8, 4) is 5.75 Å². The van der Waals surface area contributed by atoms with Gasteiger partial charge in [-0.2, -0.15) is 4.98 Å². The summed E-state index contributed by atoms with van der Waals surface area (Å²) in [5.74, 6) is 1.35. The molecule has 0 bridgehead atoms. The molecular weight excluding hydrogens is 927 g/mol. The minimum absolute atomic E-state index is 0.136. The number of rotatable bonds is 15. The highest BCUT2D eigenvalue weighted by Crippen LogP contribution is 2.40. The molecule has 3 fully saturated rings. The standard InChI is InChI=1S/C47H58BrN11O6S/c1-29-23-38(53-47-51-27-36(48)44(55-47)52-37-6-4-5-31-13-22-59(43(31)37)66(3,63)64)41(65-2)25-40(29)57-20-14-33(15-21-57)50-17-16-49-26-30-11-18-56(19-12-30)34-7-8-35-32(24-34)28-58(46(35)62)39-9-10-42(60)54-45(39)61/h4-8,23-25,27,30,33,39,49-50H,9-22,26,28H2,1-3H3,(H,54,60,61)(H2,51,52,53,55). The maximum atomic E-state index is 13.1. The third-order valence-electron chi connectivity index (χ3n) is 13.6. The van der Waals surface area contributed by atoms with E-state index in [0.717, 1.165) is 105 Å². The zero-order valence-corrected chi connectivity index (χ0v) is 40.1. The first-order chi connectivity index (χ1) is 31.8. The van der Waals surface area contributed by atoms with Crippen molar-refractivity contribution in [2.45, 2.75) is 70.5 Å². The highest BCUT2D eigenvalue weighted by atomic mass is 79.9. The molecule has 17 nitrogen and oxygen atoms in total. The molecule has 3 saturated heterocycles. The van der Waals surface area contributed by atoms with Crippen LogP contribution in [0.4, 0.5) is 40.2 Å². The number of benzene rings is 3. The van der Waals surface area contributed by atoms with Crippen LogP contribution in [-0.4, -0.2) is 119 Å². The van der Waals surface area contributed by atoms with E-state index in [4.69, 9.17) is 9.72 Å². The zero-order valence-electron chi connectivity index (χ0n) is 37.7. The zero-order chi connectivity index (χ0) is 46.1. The largest absolute Gasteiger partial charge is 0.494 e. The van der Waals surface area contributed by atoms with Gasteiger partial charge in [0.2, 0.25) is 27.8 Å². The van der Waals surface area contributed by atoms with Crippen molar-refractivity contribution >= 4 is 83.9 Å². The molecule has 0 radical (unpaired) electrons. The Hall–Kier alpha value is -5.50. The van der Waals surface area contributed by atoms with Crippen LogP contribution < -0.4 is 45.4 Å². The van der Waals surface area contributed by atoms with Crippen LogP contribution in [0.2, 0.25) is 0 Å². The van der Waals surface area contributed by atoms with Gasteiger partial charge in [-0.3, -0.25) is 24.0 Å². The Morgan fingerprint density at radius 1 is 0.879 bits per heavy atom. The molecule has 0 saturated carbocycles. The van der Waals surface area contributed by atoms with E-state index in [1.54, 1.807) is 18.2 Å². The molecule has 0 spiro atoms. The number of amides is 3. The molecule has 19 heteroatoms. The fourth-order valence-corrected chi connectivity index (χ4v) is 11.3. The molecule has 66 heavy (non-hydrogen) atoms. The molecule has 3 amide bonds. The van der Waals surface area contributed by atoms with Gasteiger partial charge >= 0.3 is 0 Å². The van der Waals surface area contributed by atoms with E-state index < -0.39 is 16.1 Å². The maximum Gasteiger partial charge on any atom is 0.255 e. The summed E-state index contributed by atoms with van der Waals surface area (Å²) in [5.41, 5.74) is 7.95. The van der Waals surface area contributed by atoms with Crippen LogP contribution in [0, 0.1) is 12.8 Å². The molecule has 3 aromatic carbocycles. The van der Waals surface area contributed by atoms with Crippen LogP contribution >= 0.6 is 15.9 Å². The van der Waals surface area contributed by atoms with E-state index >= 15 is 0 Å². The molecule has 1 aromatic heterocycles. The van der Waals surface area contributed by atoms with Crippen LogP contribution in [0.15, 0.2) is 59.2 Å².